The number of aromatic amines is 1. The van der Waals surface area contributed by atoms with E-state index in [0.717, 1.165) is 27.1 Å². The molecule has 5 rings (SSSR count). The van der Waals surface area contributed by atoms with Gasteiger partial charge in [0.15, 0.2) is 0 Å². The van der Waals surface area contributed by atoms with E-state index < -0.39 is 0 Å². The molecule has 0 atom stereocenters. The van der Waals surface area contributed by atoms with Crippen LogP contribution in [0.25, 0.3) is 44.2 Å². The molecule has 0 saturated carbocycles. The number of nitrogens with zero attached hydrogens (tertiary/aromatic N) is 2. The van der Waals surface area contributed by atoms with E-state index in [0.29, 0.717) is 22.4 Å². The van der Waals surface area contributed by atoms with Crippen LogP contribution in [0.2, 0.25) is 0 Å². The van der Waals surface area contributed by atoms with Gasteiger partial charge >= 0.3 is 0 Å². The summed E-state index contributed by atoms with van der Waals surface area (Å²) in [5.41, 5.74) is 2.56. The molecule has 3 nitrogen and oxygen atoms in total. The van der Waals surface area contributed by atoms with Gasteiger partial charge in [-0.05, 0) is 57.4 Å². The summed E-state index contributed by atoms with van der Waals surface area (Å²) < 4.78 is 13.5. The van der Waals surface area contributed by atoms with Crippen LogP contribution in [0.5, 0.6) is 0 Å². The number of halogens is 1. The Hall–Kier alpha value is -3.97. The van der Waals surface area contributed by atoms with Crippen LogP contribution in [0.15, 0.2) is 72.8 Å². The molecule has 0 amide bonds. The van der Waals surface area contributed by atoms with Gasteiger partial charge in [-0.2, -0.15) is 5.26 Å². The van der Waals surface area contributed by atoms with Crippen LogP contribution < -0.4 is 0 Å². The van der Waals surface area contributed by atoms with Crippen LogP contribution >= 0.6 is 0 Å². The molecule has 0 spiro atoms. The van der Waals surface area contributed by atoms with E-state index in [1.165, 1.54) is 12.1 Å². The highest BCUT2D eigenvalue weighted by molar-refractivity contribution is 6.10. The lowest BCUT2D eigenvalue weighted by Crippen LogP contribution is -1.88. The fourth-order valence-electron chi connectivity index (χ4n) is 3.61. The standard InChI is InChI=1S/C24H14FN3/c25-18-9-10-22-23(13-18)28-24(27-22)17(14-26)12-21-19-7-3-1-5-15(19)11-16-6-2-4-8-20(16)21/h1-13H,(H,27,28)/b17-12-. The minimum Gasteiger partial charge on any atom is -0.337 e. The topological polar surface area (TPSA) is 52.5 Å². The van der Waals surface area contributed by atoms with Crippen molar-refractivity contribution in [3.05, 3.63) is 90.0 Å². The lowest BCUT2D eigenvalue weighted by molar-refractivity contribution is 0.629. The SMILES string of the molecule is N#C/C(=C/c1c2ccccc2cc2ccccc12)c1nc2ccc(F)cc2[nH]1. The number of aromatic nitrogens is 2. The van der Waals surface area contributed by atoms with Gasteiger partial charge in [0.05, 0.1) is 16.6 Å². The average Bonchev–Trinajstić information content (AvgIpc) is 3.14. The highest BCUT2D eigenvalue weighted by Crippen LogP contribution is 2.31. The summed E-state index contributed by atoms with van der Waals surface area (Å²) in [4.78, 5) is 7.53. The molecule has 0 bridgehead atoms. The van der Waals surface area contributed by atoms with Gasteiger partial charge < -0.3 is 4.98 Å². The second-order valence-electron chi connectivity index (χ2n) is 6.65. The maximum atomic E-state index is 13.5. The average molecular weight is 363 g/mol. The van der Waals surface area contributed by atoms with Crippen molar-refractivity contribution in [1.29, 1.82) is 5.26 Å². The lowest BCUT2D eigenvalue weighted by Gasteiger charge is -2.08. The third kappa shape index (κ3) is 2.62. The van der Waals surface area contributed by atoms with Gasteiger partial charge in [-0.15, -0.1) is 0 Å². The van der Waals surface area contributed by atoms with Gasteiger partial charge in [0.1, 0.15) is 17.7 Å². The zero-order valence-electron chi connectivity index (χ0n) is 14.8. The molecule has 0 aliphatic rings. The van der Waals surface area contributed by atoms with Crippen molar-refractivity contribution >= 4 is 44.2 Å². The Morgan fingerprint density at radius 1 is 0.929 bits per heavy atom. The van der Waals surface area contributed by atoms with E-state index in [1.807, 2.05) is 30.3 Å². The predicted octanol–water partition coefficient (Wildman–Crippen LogP) is 6.07. The summed E-state index contributed by atoms with van der Waals surface area (Å²) >= 11 is 0. The highest BCUT2D eigenvalue weighted by Gasteiger charge is 2.11. The highest BCUT2D eigenvalue weighted by atomic mass is 19.1. The number of fused-ring (bicyclic) bond motifs is 3. The van der Waals surface area contributed by atoms with Gasteiger partial charge in [0.2, 0.25) is 0 Å². The molecule has 0 aliphatic carbocycles. The van der Waals surface area contributed by atoms with E-state index in [4.69, 9.17) is 0 Å². The molecule has 1 heterocycles. The zero-order chi connectivity index (χ0) is 19.1. The van der Waals surface area contributed by atoms with Crippen LogP contribution in [0, 0.1) is 17.1 Å². The minimum absolute atomic E-state index is 0.342. The maximum Gasteiger partial charge on any atom is 0.149 e. The quantitative estimate of drug-likeness (QED) is 0.305. The smallest absolute Gasteiger partial charge is 0.149 e. The second kappa shape index (κ2) is 6.33. The lowest BCUT2D eigenvalue weighted by atomic mass is 9.95. The first-order valence-electron chi connectivity index (χ1n) is 8.91. The van der Waals surface area contributed by atoms with E-state index in [2.05, 4.69) is 46.4 Å². The molecule has 132 valence electrons. The van der Waals surface area contributed by atoms with Gasteiger partial charge in [-0.3, -0.25) is 0 Å². The van der Waals surface area contributed by atoms with Crippen molar-refractivity contribution in [3.8, 4) is 6.07 Å². The van der Waals surface area contributed by atoms with Gasteiger partial charge in [-0.25, -0.2) is 9.37 Å². The Balaban J connectivity index is 1.79. The summed E-state index contributed by atoms with van der Waals surface area (Å²) in [6.45, 7) is 0. The molecule has 0 fully saturated rings. The molecular formula is C24H14FN3. The number of imidazole rings is 1. The molecule has 0 saturated heterocycles. The molecule has 28 heavy (non-hydrogen) atoms. The Labute approximate surface area is 160 Å². The summed E-state index contributed by atoms with van der Waals surface area (Å²) in [6.07, 6.45) is 1.86. The number of H-pyrrole nitrogens is 1. The van der Waals surface area contributed by atoms with E-state index >= 15 is 0 Å². The molecular weight excluding hydrogens is 349 g/mol. The van der Waals surface area contributed by atoms with Crippen LogP contribution in [0.4, 0.5) is 4.39 Å². The first-order chi connectivity index (χ1) is 13.7. The zero-order valence-corrected chi connectivity index (χ0v) is 14.8. The molecule has 0 unspecified atom stereocenters. The summed E-state index contributed by atoms with van der Waals surface area (Å²) in [6, 6.07) is 25.0. The van der Waals surface area contributed by atoms with Crippen LogP contribution in [-0.2, 0) is 0 Å². The number of nitrogens with one attached hydrogen (secondary N) is 1. The third-order valence-electron chi connectivity index (χ3n) is 4.92. The number of benzene rings is 4. The maximum absolute atomic E-state index is 13.5. The second-order valence-corrected chi connectivity index (χ2v) is 6.65. The fraction of sp³-hybridized carbons (Fsp3) is 0. The number of allylic oxidation sites excluding steroid dienone is 1. The van der Waals surface area contributed by atoms with Crippen molar-refractivity contribution in [2.75, 3.05) is 0 Å². The summed E-state index contributed by atoms with van der Waals surface area (Å²) in [5, 5.41) is 14.2. The first-order valence-corrected chi connectivity index (χ1v) is 8.91. The van der Waals surface area contributed by atoms with Crippen molar-refractivity contribution < 1.29 is 4.39 Å². The van der Waals surface area contributed by atoms with Crippen molar-refractivity contribution in [3.63, 3.8) is 0 Å². The van der Waals surface area contributed by atoms with Gasteiger partial charge in [0, 0.05) is 0 Å². The normalized spacial score (nSPS) is 11.9. The van der Waals surface area contributed by atoms with Crippen LogP contribution in [-0.4, -0.2) is 9.97 Å². The van der Waals surface area contributed by atoms with E-state index in [9.17, 15) is 9.65 Å². The van der Waals surface area contributed by atoms with E-state index in [1.54, 1.807) is 6.07 Å². The molecule has 0 aliphatic heterocycles. The Morgan fingerprint density at radius 2 is 1.61 bits per heavy atom. The molecule has 0 radical (unpaired) electrons. The molecule has 4 aromatic carbocycles. The third-order valence-corrected chi connectivity index (χ3v) is 4.92. The predicted molar refractivity (Wildman–Crippen MR) is 111 cm³/mol. The number of nitriles is 1. The number of rotatable bonds is 2. The molecule has 1 aromatic heterocycles. The van der Waals surface area contributed by atoms with E-state index in [-0.39, 0.29) is 5.82 Å². The monoisotopic (exact) mass is 363 g/mol. The fourth-order valence-corrected chi connectivity index (χ4v) is 3.61. The largest absolute Gasteiger partial charge is 0.337 e. The Bertz CT molecular complexity index is 1380. The minimum atomic E-state index is -0.342. The van der Waals surface area contributed by atoms with Crippen molar-refractivity contribution in [1.82, 2.24) is 9.97 Å². The van der Waals surface area contributed by atoms with Gasteiger partial charge in [-0.1, -0.05) is 48.5 Å². The Kier molecular flexibility index (Phi) is 3.67. The van der Waals surface area contributed by atoms with Crippen molar-refractivity contribution in [2.24, 2.45) is 0 Å². The molecule has 1 N–H and O–H groups in total. The van der Waals surface area contributed by atoms with Gasteiger partial charge in [0.25, 0.3) is 0 Å². The number of hydrogen-bond donors (Lipinski definition) is 1. The first kappa shape index (κ1) is 16.2. The summed E-state index contributed by atoms with van der Waals surface area (Å²) in [5.74, 6) is 0.0883. The Morgan fingerprint density at radius 3 is 2.29 bits per heavy atom. The van der Waals surface area contributed by atoms with Crippen LogP contribution in [0.1, 0.15) is 11.4 Å². The van der Waals surface area contributed by atoms with Crippen molar-refractivity contribution in [2.45, 2.75) is 0 Å². The molecule has 5 aromatic rings. The molecule has 4 heteroatoms. The van der Waals surface area contributed by atoms with Crippen LogP contribution in [0.3, 0.4) is 0 Å². The summed E-state index contributed by atoms with van der Waals surface area (Å²) in [7, 11) is 0. The number of hydrogen-bond acceptors (Lipinski definition) is 2.